The van der Waals surface area contributed by atoms with E-state index < -0.39 is 0 Å². The smallest absolute Gasteiger partial charge is 0.111 e. The summed E-state index contributed by atoms with van der Waals surface area (Å²) in [5.41, 5.74) is 5.45. The first-order chi connectivity index (χ1) is 5.40. The fourth-order valence-corrected chi connectivity index (χ4v) is 1.37. The van der Waals surface area contributed by atoms with Crippen molar-refractivity contribution in [3.63, 3.8) is 0 Å². The minimum absolute atomic E-state index is 0.276. The second-order valence-corrected chi connectivity index (χ2v) is 2.71. The number of fused-ring (bicyclic) bond motifs is 1. The number of aliphatic imine (C=N–C) groups is 1. The Labute approximate surface area is 65.7 Å². The molecule has 58 valence electrons. The van der Waals surface area contributed by atoms with Gasteiger partial charge < -0.3 is 11.1 Å². The van der Waals surface area contributed by atoms with Crippen molar-refractivity contribution in [2.75, 3.05) is 6.54 Å². The van der Waals surface area contributed by atoms with Crippen LogP contribution in [0.1, 0.15) is 0 Å². The molecule has 0 bridgehead atoms. The Balaban J connectivity index is 2.16. The van der Waals surface area contributed by atoms with Crippen LogP contribution in [0.15, 0.2) is 29.3 Å². The van der Waals surface area contributed by atoms with E-state index in [0.717, 1.165) is 5.84 Å². The highest BCUT2D eigenvalue weighted by atomic mass is 15.1. The van der Waals surface area contributed by atoms with Gasteiger partial charge in [0.05, 0.1) is 18.6 Å². The third-order valence-corrected chi connectivity index (χ3v) is 1.94. The van der Waals surface area contributed by atoms with E-state index in [1.54, 1.807) is 0 Å². The molecule has 3 heteroatoms. The van der Waals surface area contributed by atoms with E-state index in [9.17, 15) is 0 Å². The molecule has 0 aromatic heterocycles. The van der Waals surface area contributed by atoms with Gasteiger partial charge in [0.2, 0.25) is 0 Å². The van der Waals surface area contributed by atoms with Crippen LogP contribution >= 0.6 is 0 Å². The zero-order valence-electron chi connectivity index (χ0n) is 6.20. The number of amidine groups is 1. The molecule has 1 unspecified atom stereocenters. The van der Waals surface area contributed by atoms with Crippen LogP contribution in [0.25, 0.3) is 0 Å². The monoisotopic (exact) mass is 149 g/mol. The first-order valence-corrected chi connectivity index (χ1v) is 3.78. The van der Waals surface area contributed by atoms with Gasteiger partial charge in [0.1, 0.15) is 5.84 Å². The Morgan fingerprint density at radius 1 is 1.45 bits per heavy atom. The van der Waals surface area contributed by atoms with Crippen LogP contribution in [0.5, 0.6) is 0 Å². The van der Waals surface area contributed by atoms with Gasteiger partial charge in [-0.25, -0.2) is 0 Å². The minimum Gasteiger partial charge on any atom is -0.364 e. The maximum absolute atomic E-state index is 5.45. The molecule has 0 amide bonds. The van der Waals surface area contributed by atoms with Crippen molar-refractivity contribution in [1.82, 2.24) is 5.32 Å². The number of nitrogens with one attached hydrogen (secondary N) is 1. The van der Waals surface area contributed by atoms with Crippen LogP contribution in [-0.4, -0.2) is 24.5 Å². The van der Waals surface area contributed by atoms with Gasteiger partial charge in [-0.15, -0.1) is 0 Å². The maximum atomic E-state index is 5.45. The van der Waals surface area contributed by atoms with E-state index in [4.69, 9.17) is 5.73 Å². The van der Waals surface area contributed by atoms with Gasteiger partial charge in [0.25, 0.3) is 0 Å². The predicted molar refractivity (Wildman–Crippen MR) is 45.5 cm³/mol. The zero-order chi connectivity index (χ0) is 7.68. The molecule has 3 nitrogen and oxygen atoms in total. The second-order valence-electron chi connectivity index (χ2n) is 2.71. The van der Waals surface area contributed by atoms with E-state index in [2.05, 4.69) is 22.5 Å². The molecule has 0 saturated carbocycles. The average Bonchev–Trinajstić information content (AvgIpc) is 2.46. The second kappa shape index (κ2) is 2.51. The van der Waals surface area contributed by atoms with Gasteiger partial charge >= 0.3 is 0 Å². The molecule has 11 heavy (non-hydrogen) atoms. The Hall–Kier alpha value is -1.09. The summed E-state index contributed by atoms with van der Waals surface area (Å²) in [6, 6.07) is 0.622. The SMILES string of the molecule is NCC1=NC2C=CC=C[C@H]2N1. The summed E-state index contributed by atoms with van der Waals surface area (Å²) in [6.07, 6.45) is 8.24. The molecule has 0 aromatic rings. The van der Waals surface area contributed by atoms with Crippen LogP contribution in [-0.2, 0) is 0 Å². The van der Waals surface area contributed by atoms with Crippen LogP contribution < -0.4 is 11.1 Å². The Morgan fingerprint density at radius 3 is 3.00 bits per heavy atom. The number of hydrogen-bond acceptors (Lipinski definition) is 3. The largest absolute Gasteiger partial charge is 0.364 e. The number of nitrogens with zero attached hydrogens (tertiary/aromatic N) is 1. The molecule has 0 fully saturated rings. The molecule has 0 spiro atoms. The summed E-state index contributed by atoms with van der Waals surface area (Å²) in [5, 5.41) is 3.23. The molecule has 0 saturated heterocycles. The van der Waals surface area contributed by atoms with E-state index in [1.807, 2.05) is 12.2 Å². The summed E-state index contributed by atoms with van der Waals surface area (Å²) in [7, 11) is 0. The highest BCUT2D eigenvalue weighted by Gasteiger charge is 2.24. The summed E-state index contributed by atoms with van der Waals surface area (Å²) in [6.45, 7) is 0.509. The van der Waals surface area contributed by atoms with Gasteiger partial charge in [0.15, 0.2) is 0 Å². The van der Waals surface area contributed by atoms with Crippen molar-refractivity contribution in [2.45, 2.75) is 12.1 Å². The first kappa shape index (κ1) is 6.61. The molecule has 1 aliphatic heterocycles. The zero-order valence-corrected chi connectivity index (χ0v) is 6.20. The Morgan fingerprint density at radius 2 is 2.27 bits per heavy atom. The van der Waals surface area contributed by atoms with E-state index >= 15 is 0 Å². The normalized spacial score (nSPS) is 33.0. The van der Waals surface area contributed by atoms with Crippen molar-refractivity contribution < 1.29 is 0 Å². The lowest BCUT2D eigenvalue weighted by molar-refractivity contribution is 0.694. The highest BCUT2D eigenvalue weighted by Crippen LogP contribution is 2.13. The van der Waals surface area contributed by atoms with Crippen molar-refractivity contribution in [2.24, 2.45) is 10.7 Å². The van der Waals surface area contributed by atoms with Crippen molar-refractivity contribution >= 4 is 5.84 Å². The van der Waals surface area contributed by atoms with Gasteiger partial charge in [-0.05, 0) is 0 Å². The average molecular weight is 149 g/mol. The molecule has 3 N–H and O–H groups in total. The van der Waals surface area contributed by atoms with Crippen LogP contribution in [0, 0.1) is 0 Å². The number of rotatable bonds is 1. The number of hydrogen-bond donors (Lipinski definition) is 2. The predicted octanol–water partition coefficient (Wildman–Crippen LogP) is -0.190. The lowest BCUT2D eigenvalue weighted by atomic mass is 10.1. The maximum Gasteiger partial charge on any atom is 0.111 e. The summed E-state index contributed by atoms with van der Waals surface area (Å²) < 4.78 is 0. The van der Waals surface area contributed by atoms with Gasteiger partial charge in [-0.3, -0.25) is 4.99 Å². The van der Waals surface area contributed by atoms with E-state index in [1.165, 1.54) is 0 Å². The van der Waals surface area contributed by atoms with Crippen molar-refractivity contribution in [3.8, 4) is 0 Å². The Bertz CT molecular complexity index is 240. The standard InChI is InChI=1S/C8H11N3/c9-5-8-10-6-3-1-2-4-7(6)11-8/h1-4,6-7H,5,9H2,(H,10,11)/t6-,7?/m1/s1. The van der Waals surface area contributed by atoms with Crippen LogP contribution in [0.4, 0.5) is 0 Å². The summed E-state index contributed by atoms with van der Waals surface area (Å²) in [5.74, 6) is 0.913. The fourth-order valence-electron chi connectivity index (χ4n) is 1.37. The Kier molecular flexibility index (Phi) is 1.51. The van der Waals surface area contributed by atoms with Crippen LogP contribution in [0.2, 0.25) is 0 Å². The summed E-state index contributed by atoms with van der Waals surface area (Å²) in [4.78, 5) is 4.37. The molecule has 2 atom stereocenters. The van der Waals surface area contributed by atoms with Crippen LogP contribution in [0.3, 0.4) is 0 Å². The van der Waals surface area contributed by atoms with Crippen molar-refractivity contribution in [3.05, 3.63) is 24.3 Å². The van der Waals surface area contributed by atoms with E-state index in [-0.39, 0.29) is 6.04 Å². The first-order valence-electron chi connectivity index (χ1n) is 3.78. The lowest BCUT2D eigenvalue weighted by Gasteiger charge is -2.13. The molecule has 0 radical (unpaired) electrons. The van der Waals surface area contributed by atoms with Crippen molar-refractivity contribution in [1.29, 1.82) is 0 Å². The quantitative estimate of drug-likeness (QED) is 0.543. The molecule has 1 heterocycles. The molecular weight excluding hydrogens is 138 g/mol. The minimum atomic E-state index is 0.276. The summed E-state index contributed by atoms with van der Waals surface area (Å²) >= 11 is 0. The highest BCUT2D eigenvalue weighted by molar-refractivity contribution is 5.86. The lowest BCUT2D eigenvalue weighted by Crippen LogP contribution is -2.35. The number of allylic oxidation sites excluding steroid dienone is 2. The third kappa shape index (κ3) is 1.07. The molecule has 2 rings (SSSR count). The molecule has 2 aliphatic rings. The molecular formula is C8H11N3. The fraction of sp³-hybridized carbons (Fsp3) is 0.375. The van der Waals surface area contributed by atoms with Gasteiger partial charge in [-0.1, -0.05) is 24.3 Å². The molecule has 1 aliphatic carbocycles. The number of nitrogens with two attached hydrogens (primary N) is 1. The van der Waals surface area contributed by atoms with Gasteiger partial charge in [0, 0.05) is 0 Å². The topological polar surface area (TPSA) is 50.4 Å². The third-order valence-electron chi connectivity index (χ3n) is 1.94. The van der Waals surface area contributed by atoms with Gasteiger partial charge in [-0.2, -0.15) is 0 Å². The van der Waals surface area contributed by atoms with E-state index in [0.29, 0.717) is 12.6 Å². The molecule has 0 aromatic carbocycles.